The highest BCUT2D eigenvalue weighted by Gasteiger charge is 2.19. The topological polar surface area (TPSA) is 82.6 Å². The summed E-state index contributed by atoms with van der Waals surface area (Å²) in [5.74, 6) is 1.76. The predicted molar refractivity (Wildman–Crippen MR) is 148 cm³/mol. The van der Waals surface area contributed by atoms with Gasteiger partial charge in [0.25, 0.3) is 0 Å². The summed E-state index contributed by atoms with van der Waals surface area (Å²) < 4.78 is 17.1. The molecule has 3 aromatic rings. The molecule has 1 saturated carbocycles. The lowest BCUT2D eigenvalue weighted by atomic mass is 9.90. The van der Waals surface area contributed by atoms with E-state index >= 15 is 0 Å². The molecule has 0 aliphatic heterocycles. The first kappa shape index (κ1) is 28.3. The largest absolute Gasteiger partial charge is 0.494 e. The summed E-state index contributed by atoms with van der Waals surface area (Å²) in [5.41, 5.74) is 2.64. The molecule has 1 heterocycles. The van der Waals surface area contributed by atoms with E-state index in [1.165, 1.54) is 38.3 Å². The lowest BCUT2D eigenvalue weighted by molar-refractivity contribution is 0.0526. The van der Waals surface area contributed by atoms with Crippen LogP contribution in [0, 0.1) is 5.92 Å². The fourth-order valence-electron chi connectivity index (χ4n) is 4.35. The van der Waals surface area contributed by atoms with Crippen molar-refractivity contribution in [2.24, 2.45) is 5.92 Å². The van der Waals surface area contributed by atoms with Crippen molar-refractivity contribution in [2.45, 2.75) is 52.9 Å². The molecule has 0 spiro atoms. The zero-order valence-electron chi connectivity index (χ0n) is 22.1. The summed E-state index contributed by atoms with van der Waals surface area (Å²) in [6.07, 6.45) is 7.74. The van der Waals surface area contributed by atoms with Crippen molar-refractivity contribution in [1.82, 2.24) is 9.97 Å². The number of carbonyl (C=O) groups is 1. The first-order valence-corrected chi connectivity index (χ1v) is 13.3. The molecule has 0 saturated heterocycles. The number of rotatable bonds is 9. The molecule has 7 nitrogen and oxygen atoms in total. The van der Waals surface area contributed by atoms with Gasteiger partial charge in [-0.25, -0.2) is 9.78 Å². The Morgan fingerprint density at radius 3 is 2.59 bits per heavy atom. The average molecular weight is 526 g/mol. The van der Waals surface area contributed by atoms with Crippen LogP contribution in [0.25, 0.3) is 11.1 Å². The molecular formula is C29H36ClN3O4. The lowest BCUT2D eigenvalue weighted by Gasteiger charge is -2.22. The molecule has 0 bridgehead atoms. The summed E-state index contributed by atoms with van der Waals surface area (Å²) in [5, 5.41) is 3.18. The van der Waals surface area contributed by atoms with E-state index in [1.54, 1.807) is 14.0 Å². The van der Waals surface area contributed by atoms with Gasteiger partial charge in [-0.3, -0.25) is 0 Å². The minimum atomic E-state index is -0.537. The van der Waals surface area contributed by atoms with E-state index in [2.05, 4.69) is 15.3 Å². The number of methoxy groups -OCH3 is 1. The van der Waals surface area contributed by atoms with Crippen LogP contribution in [-0.2, 0) is 4.74 Å². The first-order valence-electron chi connectivity index (χ1n) is 13.0. The van der Waals surface area contributed by atoms with Gasteiger partial charge < -0.3 is 19.5 Å². The van der Waals surface area contributed by atoms with Crippen LogP contribution in [0.2, 0.25) is 5.28 Å². The first-order chi connectivity index (χ1) is 18.1. The third-order valence-corrected chi connectivity index (χ3v) is 6.26. The van der Waals surface area contributed by atoms with Gasteiger partial charge in [0, 0.05) is 11.8 Å². The van der Waals surface area contributed by atoms with E-state index < -0.39 is 5.97 Å². The van der Waals surface area contributed by atoms with Crippen molar-refractivity contribution in [3.8, 4) is 22.6 Å². The lowest BCUT2D eigenvalue weighted by Crippen LogP contribution is -2.15. The van der Waals surface area contributed by atoms with Crippen molar-refractivity contribution in [3.63, 3.8) is 0 Å². The Kier molecular flexibility index (Phi) is 11.0. The Morgan fingerprint density at radius 2 is 1.86 bits per heavy atom. The molecule has 8 heteroatoms. The van der Waals surface area contributed by atoms with Crippen LogP contribution in [0.3, 0.4) is 0 Å². The molecule has 0 unspecified atom stereocenters. The van der Waals surface area contributed by atoms with Gasteiger partial charge in [-0.2, -0.15) is 4.98 Å². The maximum absolute atomic E-state index is 12.4. The molecule has 37 heavy (non-hydrogen) atoms. The minimum Gasteiger partial charge on any atom is -0.494 e. The molecule has 4 rings (SSSR count). The number of nitrogens with one attached hydrogen (secondary N) is 1. The number of hydrogen-bond acceptors (Lipinski definition) is 7. The molecule has 1 aromatic heterocycles. The average Bonchev–Trinajstić information content (AvgIpc) is 2.94. The molecule has 1 aliphatic rings. The quantitative estimate of drug-likeness (QED) is 0.226. The maximum atomic E-state index is 12.4. The molecule has 0 atom stereocenters. The van der Waals surface area contributed by atoms with Gasteiger partial charge in [0.1, 0.15) is 22.9 Å². The molecule has 1 N–H and O–H groups in total. The number of halogens is 1. The van der Waals surface area contributed by atoms with Gasteiger partial charge in [0.05, 0.1) is 26.0 Å². The molecule has 0 radical (unpaired) electrons. The van der Waals surface area contributed by atoms with Crippen LogP contribution in [0.5, 0.6) is 11.5 Å². The number of nitrogens with zero attached hydrogens (tertiary/aromatic N) is 2. The van der Waals surface area contributed by atoms with Crippen molar-refractivity contribution in [1.29, 1.82) is 0 Å². The number of anilines is 2. The van der Waals surface area contributed by atoms with Crippen LogP contribution < -0.4 is 14.8 Å². The van der Waals surface area contributed by atoms with Gasteiger partial charge in [-0.05, 0) is 61.0 Å². The second kappa shape index (κ2) is 14.4. The molecule has 198 valence electrons. The predicted octanol–water partition coefficient (Wildman–Crippen LogP) is 7.71. The molecule has 1 fully saturated rings. The molecule has 0 amide bonds. The number of ether oxygens (including phenoxy) is 3. The van der Waals surface area contributed by atoms with Crippen LogP contribution in [0.1, 0.15) is 63.2 Å². The number of esters is 1. The van der Waals surface area contributed by atoms with Gasteiger partial charge >= 0.3 is 5.97 Å². The number of hydrogen-bond donors (Lipinski definition) is 1. The highest BCUT2D eigenvalue weighted by Crippen LogP contribution is 2.39. The van der Waals surface area contributed by atoms with E-state index in [-0.39, 0.29) is 23.3 Å². The number of aromatic nitrogens is 2. The van der Waals surface area contributed by atoms with Gasteiger partial charge in [0.15, 0.2) is 0 Å². The fraction of sp³-hybridized carbons (Fsp3) is 0.414. The fourth-order valence-corrected chi connectivity index (χ4v) is 4.48. The maximum Gasteiger partial charge on any atom is 0.343 e. The Morgan fingerprint density at radius 1 is 1.11 bits per heavy atom. The minimum absolute atomic E-state index is 0.0125. The van der Waals surface area contributed by atoms with Crippen LogP contribution >= 0.6 is 11.6 Å². The number of para-hydroxylation sites is 1. The Labute approximate surface area is 224 Å². The van der Waals surface area contributed by atoms with Crippen LogP contribution in [0.4, 0.5) is 11.5 Å². The second-order valence-electron chi connectivity index (χ2n) is 8.48. The zero-order valence-corrected chi connectivity index (χ0v) is 22.8. The van der Waals surface area contributed by atoms with Crippen molar-refractivity contribution in [3.05, 3.63) is 59.5 Å². The second-order valence-corrected chi connectivity index (χ2v) is 8.81. The van der Waals surface area contributed by atoms with Gasteiger partial charge in [-0.1, -0.05) is 57.4 Å². The third-order valence-electron chi connectivity index (χ3n) is 6.08. The number of benzene rings is 2. The normalized spacial score (nSPS) is 13.2. The summed E-state index contributed by atoms with van der Waals surface area (Å²) >= 11 is 6.01. The highest BCUT2D eigenvalue weighted by molar-refractivity contribution is 6.28. The highest BCUT2D eigenvalue weighted by atomic mass is 35.5. The molecule has 2 aromatic carbocycles. The van der Waals surface area contributed by atoms with Gasteiger partial charge in [0.2, 0.25) is 5.28 Å². The van der Waals surface area contributed by atoms with E-state index in [0.29, 0.717) is 17.4 Å². The summed E-state index contributed by atoms with van der Waals surface area (Å²) in [6.45, 7) is 6.72. The Bertz CT molecular complexity index is 1170. The van der Waals surface area contributed by atoms with Crippen molar-refractivity contribution in [2.75, 3.05) is 25.6 Å². The van der Waals surface area contributed by atoms with Gasteiger partial charge in [-0.15, -0.1) is 0 Å². The van der Waals surface area contributed by atoms with E-state index in [1.807, 2.05) is 56.3 Å². The molecular weight excluding hydrogens is 490 g/mol. The summed E-state index contributed by atoms with van der Waals surface area (Å²) in [7, 11) is 1.60. The third kappa shape index (κ3) is 7.59. The summed E-state index contributed by atoms with van der Waals surface area (Å²) in [4.78, 5) is 20.5. The van der Waals surface area contributed by atoms with Crippen molar-refractivity contribution >= 4 is 29.1 Å². The van der Waals surface area contributed by atoms with Crippen LogP contribution in [0.15, 0.2) is 48.7 Å². The van der Waals surface area contributed by atoms with Crippen molar-refractivity contribution < 1.29 is 19.0 Å². The van der Waals surface area contributed by atoms with E-state index in [4.69, 9.17) is 25.8 Å². The Balaban J connectivity index is 0.00000186. The smallest absolute Gasteiger partial charge is 0.343 e. The summed E-state index contributed by atoms with van der Waals surface area (Å²) in [6, 6.07) is 13.7. The SMILES string of the molecule is CC.CCOC(=O)c1cnc(Cl)nc1Nc1cccc(-c2cccc(OCC3CCCCC3)c2)c1OC. The standard InChI is InChI=1S/C27H30ClN3O4.C2H6/c1-3-34-26(32)22-16-29-27(28)31-25(22)30-23-14-8-13-21(24(23)33-2)19-11-7-12-20(15-19)35-17-18-9-5-4-6-10-18;1-2/h7-8,11-16,18H,3-6,9-10,17H2,1-2H3,(H,29,30,31);1-2H3. The van der Waals surface area contributed by atoms with E-state index in [9.17, 15) is 4.79 Å². The van der Waals surface area contributed by atoms with E-state index in [0.717, 1.165) is 23.5 Å². The Hall–Kier alpha value is -3.32. The van der Waals surface area contributed by atoms with Crippen LogP contribution in [-0.4, -0.2) is 36.3 Å². The zero-order chi connectivity index (χ0) is 26.6. The monoisotopic (exact) mass is 525 g/mol. The molecule has 1 aliphatic carbocycles. The number of carbonyl (C=O) groups excluding carboxylic acids is 1.